The predicted octanol–water partition coefficient (Wildman–Crippen LogP) is 1.62. The summed E-state index contributed by atoms with van der Waals surface area (Å²) in [5.41, 5.74) is -1.44. The number of nitro benzene ring substituents is 2. The molecule has 0 aromatic heterocycles. The van der Waals surface area contributed by atoms with Gasteiger partial charge in [-0.15, -0.1) is 0 Å². The fraction of sp³-hybridized carbons (Fsp3) is 0.125. The van der Waals surface area contributed by atoms with Crippen molar-refractivity contribution in [3.63, 3.8) is 0 Å². The van der Waals surface area contributed by atoms with Crippen LogP contribution < -0.4 is 0 Å². The predicted molar refractivity (Wildman–Crippen MR) is 64.5 cm³/mol. The first kappa shape index (κ1) is 14.1. The molecule has 9 nitrogen and oxygen atoms in total. The zero-order valence-electron chi connectivity index (χ0n) is 8.53. The molecule has 10 heteroatoms. The molecule has 0 saturated carbocycles. The molecule has 0 aliphatic rings. The van der Waals surface area contributed by atoms with Crippen LogP contribution in [0.1, 0.15) is 5.56 Å². The van der Waals surface area contributed by atoms with Gasteiger partial charge in [-0.1, -0.05) is 0 Å². The number of benzene rings is 1. The number of carboxylic acids is 1. The monoisotopic (exact) mass is 368 g/mol. The van der Waals surface area contributed by atoms with Crippen LogP contribution in [0, 0.1) is 23.8 Å². The molecule has 0 aliphatic heterocycles. The Morgan fingerprint density at radius 2 is 1.89 bits per heavy atom. The molecule has 0 unspecified atom stereocenters. The second-order valence-electron chi connectivity index (χ2n) is 3.10. The van der Waals surface area contributed by atoms with Gasteiger partial charge in [-0.25, -0.2) is 0 Å². The van der Waals surface area contributed by atoms with E-state index < -0.39 is 54.8 Å². The maximum Gasteiger partial charge on any atom is 0.307 e. The van der Waals surface area contributed by atoms with Crippen molar-refractivity contribution in [2.24, 2.45) is 0 Å². The number of non-ortho nitro benzene ring substituents is 1. The summed E-state index contributed by atoms with van der Waals surface area (Å²) in [7, 11) is 0. The van der Waals surface area contributed by atoms with Crippen LogP contribution in [0.4, 0.5) is 11.4 Å². The van der Waals surface area contributed by atoms with Gasteiger partial charge in [0.2, 0.25) is 0 Å². The highest BCUT2D eigenvalue weighted by atomic mass is 127. The van der Waals surface area contributed by atoms with E-state index in [2.05, 4.69) is 0 Å². The van der Waals surface area contributed by atoms with Crippen LogP contribution in [0.2, 0.25) is 0 Å². The van der Waals surface area contributed by atoms with Crippen molar-refractivity contribution >= 4 is 38.5 Å². The average Bonchev–Trinajstić information content (AvgIpc) is 2.26. The number of rotatable bonds is 5. The number of nitro groups is 2. The number of carboxylic acid groups (broad SMARTS) is 1. The van der Waals surface area contributed by atoms with Gasteiger partial charge in [0.05, 0.1) is 22.3 Å². The number of carbonyl (C=O) groups is 1. The summed E-state index contributed by atoms with van der Waals surface area (Å²) in [6.45, 7) is 0. The highest BCUT2D eigenvalue weighted by Crippen LogP contribution is 2.32. The van der Waals surface area contributed by atoms with Gasteiger partial charge in [0.15, 0.2) is 21.2 Å². The quantitative estimate of drug-likeness (QED) is 0.473. The molecule has 1 rings (SSSR count). The van der Waals surface area contributed by atoms with Gasteiger partial charge >= 0.3 is 5.97 Å². The highest BCUT2D eigenvalue weighted by Gasteiger charge is 2.25. The zero-order valence-corrected chi connectivity index (χ0v) is 10.7. The molecule has 0 saturated heterocycles. The van der Waals surface area contributed by atoms with Gasteiger partial charge in [-0.2, -0.15) is 0 Å². The van der Waals surface area contributed by atoms with Crippen molar-refractivity contribution in [3.8, 4) is 0 Å². The molecule has 0 heterocycles. The minimum Gasteiger partial charge on any atom is -0.481 e. The first-order valence-corrected chi connectivity index (χ1v) is 6.27. The Labute approximate surface area is 109 Å². The van der Waals surface area contributed by atoms with E-state index in [0.717, 1.165) is 6.07 Å². The van der Waals surface area contributed by atoms with Crippen LogP contribution in [-0.2, 0) is 14.3 Å². The van der Waals surface area contributed by atoms with Crippen molar-refractivity contribution in [3.05, 3.63) is 41.5 Å². The van der Waals surface area contributed by atoms with E-state index in [1.807, 2.05) is 0 Å². The van der Waals surface area contributed by atoms with Crippen molar-refractivity contribution in [1.82, 2.24) is 0 Å². The molecular formula is C8H5IN2O7. The first-order chi connectivity index (χ1) is 8.36. The smallest absolute Gasteiger partial charge is 0.307 e. The summed E-state index contributed by atoms with van der Waals surface area (Å²) in [5, 5.41) is 29.9. The SMILES string of the molecule is O=Ic1c(CC(=O)O)cc([N+](=O)[O-])cc1[N+](=O)[O-]. The number of nitrogens with zero attached hydrogens (tertiary/aromatic N) is 2. The lowest BCUT2D eigenvalue weighted by Crippen LogP contribution is -2.05. The highest BCUT2D eigenvalue weighted by molar-refractivity contribution is 14.1. The van der Waals surface area contributed by atoms with Crippen LogP contribution in [-0.4, -0.2) is 20.9 Å². The Morgan fingerprint density at radius 3 is 2.28 bits per heavy atom. The third-order valence-electron chi connectivity index (χ3n) is 1.94. The molecule has 0 fully saturated rings. The largest absolute Gasteiger partial charge is 0.481 e. The summed E-state index contributed by atoms with van der Waals surface area (Å²) in [6, 6.07) is 1.58. The number of hydrogen-bond acceptors (Lipinski definition) is 6. The van der Waals surface area contributed by atoms with Crippen molar-refractivity contribution in [2.45, 2.75) is 6.42 Å². The topological polar surface area (TPSA) is 141 Å². The van der Waals surface area contributed by atoms with Crippen molar-refractivity contribution < 1.29 is 22.8 Å². The van der Waals surface area contributed by atoms with Crippen molar-refractivity contribution in [2.75, 3.05) is 0 Å². The Kier molecular flexibility index (Phi) is 4.36. The number of halogens is 1. The molecule has 0 bridgehead atoms. The van der Waals surface area contributed by atoms with E-state index in [4.69, 9.17) is 5.11 Å². The lowest BCUT2D eigenvalue weighted by atomic mass is 10.1. The molecule has 0 amide bonds. The lowest BCUT2D eigenvalue weighted by molar-refractivity contribution is -0.394. The Hall–Kier alpha value is -1.98. The van der Waals surface area contributed by atoms with E-state index in [1.54, 1.807) is 0 Å². The standard InChI is InChI=1S/C8H5IN2O7/c12-7(13)2-4-1-5(10(15)16)3-6(11(17)18)8(4)9-14/h1,3H,2H2,(H,12,13). The lowest BCUT2D eigenvalue weighted by Gasteiger charge is -2.02. The van der Waals surface area contributed by atoms with Crippen LogP contribution in [0.25, 0.3) is 0 Å². The second kappa shape index (κ2) is 5.57. The van der Waals surface area contributed by atoms with E-state index in [0.29, 0.717) is 6.07 Å². The maximum atomic E-state index is 11.0. The minimum atomic E-state index is -2.01. The molecule has 96 valence electrons. The van der Waals surface area contributed by atoms with Gasteiger partial charge in [0.1, 0.15) is 3.57 Å². The number of aliphatic carboxylic acids is 1. The van der Waals surface area contributed by atoms with Gasteiger partial charge in [-0.05, 0) is 5.56 Å². The second-order valence-corrected chi connectivity index (χ2v) is 4.62. The first-order valence-electron chi connectivity index (χ1n) is 4.31. The fourth-order valence-electron chi connectivity index (χ4n) is 1.27. The van der Waals surface area contributed by atoms with Crippen molar-refractivity contribution in [1.29, 1.82) is 0 Å². The Morgan fingerprint density at radius 1 is 1.28 bits per heavy atom. The molecule has 0 spiro atoms. The molecule has 1 N–H and O–H groups in total. The summed E-state index contributed by atoms with van der Waals surface area (Å²) >= 11 is -2.01. The third-order valence-corrected chi connectivity index (χ3v) is 3.63. The Balaban J connectivity index is 3.55. The molecule has 1 aromatic rings. The van der Waals surface area contributed by atoms with Gasteiger partial charge in [-0.3, -0.25) is 28.1 Å². The van der Waals surface area contributed by atoms with Crippen LogP contribution in [0.5, 0.6) is 0 Å². The summed E-state index contributed by atoms with van der Waals surface area (Å²) < 4.78 is 10.8. The molecular weight excluding hydrogens is 363 g/mol. The summed E-state index contributed by atoms with van der Waals surface area (Å²) in [5.74, 6) is -1.32. The van der Waals surface area contributed by atoms with E-state index in [-0.39, 0.29) is 9.13 Å². The van der Waals surface area contributed by atoms with E-state index >= 15 is 0 Å². The number of hydrogen-bond donors (Lipinski definition) is 1. The third kappa shape index (κ3) is 3.03. The fourth-order valence-corrected chi connectivity index (χ4v) is 2.48. The minimum absolute atomic E-state index is 0.161. The van der Waals surface area contributed by atoms with E-state index in [9.17, 15) is 28.1 Å². The Bertz CT molecular complexity index is 557. The molecule has 0 aliphatic carbocycles. The molecule has 1 aromatic carbocycles. The van der Waals surface area contributed by atoms with Crippen LogP contribution in [0.3, 0.4) is 0 Å². The van der Waals surface area contributed by atoms with Gasteiger partial charge in [0, 0.05) is 6.07 Å². The maximum absolute atomic E-state index is 11.0. The molecule has 0 atom stereocenters. The molecule has 0 radical (unpaired) electrons. The van der Waals surface area contributed by atoms with E-state index in [1.165, 1.54) is 0 Å². The molecule has 18 heavy (non-hydrogen) atoms. The van der Waals surface area contributed by atoms with Crippen LogP contribution >= 0.6 is 21.2 Å². The summed E-state index contributed by atoms with van der Waals surface area (Å²) in [4.78, 5) is 30.1. The zero-order chi connectivity index (χ0) is 13.9. The van der Waals surface area contributed by atoms with Gasteiger partial charge < -0.3 is 5.11 Å². The van der Waals surface area contributed by atoms with Crippen LogP contribution in [0.15, 0.2) is 12.1 Å². The summed E-state index contributed by atoms with van der Waals surface area (Å²) in [6.07, 6.45) is -0.653. The van der Waals surface area contributed by atoms with Gasteiger partial charge in [0.25, 0.3) is 11.4 Å². The normalized spacial score (nSPS) is 10.0. The average molecular weight is 368 g/mol.